The number of amides is 1. The van der Waals surface area contributed by atoms with Gasteiger partial charge in [0.2, 0.25) is 11.7 Å². The number of carbonyl (C=O) groups excluding carboxylic acids is 1. The van der Waals surface area contributed by atoms with Gasteiger partial charge < -0.3 is 9.15 Å². The number of hydrogen-bond donors (Lipinski definition) is 1. The van der Waals surface area contributed by atoms with Gasteiger partial charge in [-0.3, -0.25) is 9.80 Å². The summed E-state index contributed by atoms with van der Waals surface area (Å²) >= 11 is 3.37. The van der Waals surface area contributed by atoms with Crippen LogP contribution in [0.2, 0.25) is 0 Å². The molecular formula is C19H22BrF3N2O3. The van der Waals surface area contributed by atoms with Gasteiger partial charge in [-0.2, -0.15) is 13.2 Å². The van der Waals surface area contributed by atoms with Crippen molar-refractivity contribution in [1.29, 1.82) is 0 Å². The highest BCUT2D eigenvalue weighted by molar-refractivity contribution is 9.09. The molecule has 5 nitrogen and oxygen atoms in total. The number of hydrogen-bond acceptors (Lipinski definition) is 4. The lowest BCUT2D eigenvalue weighted by Gasteiger charge is -2.23. The highest BCUT2D eigenvalue weighted by Gasteiger charge is 2.48. The third-order valence-electron chi connectivity index (χ3n) is 5.06. The van der Waals surface area contributed by atoms with Gasteiger partial charge in [-0.05, 0) is 44.4 Å². The van der Waals surface area contributed by atoms with Gasteiger partial charge in [-0.15, -0.1) is 0 Å². The van der Waals surface area contributed by atoms with Crippen LogP contribution in [-0.4, -0.2) is 29.9 Å². The van der Waals surface area contributed by atoms with Gasteiger partial charge in [0.1, 0.15) is 0 Å². The number of rotatable bonds is 6. The first kappa shape index (κ1) is 21.0. The first-order valence-corrected chi connectivity index (χ1v) is 10.0. The van der Waals surface area contributed by atoms with E-state index in [0.717, 1.165) is 24.2 Å². The van der Waals surface area contributed by atoms with Crippen molar-refractivity contribution in [3.63, 3.8) is 0 Å². The van der Waals surface area contributed by atoms with Crippen molar-refractivity contribution in [1.82, 2.24) is 10.4 Å². The third-order valence-corrected chi connectivity index (χ3v) is 5.62. The molecule has 0 aliphatic carbocycles. The van der Waals surface area contributed by atoms with E-state index in [2.05, 4.69) is 21.4 Å². The van der Waals surface area contributed by atoms with Crippen molar-refractivity contribution < 1.29 is 27.1 Å². The van der Waals surface area contributed by atoms with E-state index < -0.39 is 23.4 Å². The summed E-state index contributed by atoms with van der Waals surface area (Å²) in [6, 6.07) is 3.74. The number of nitrogens with one attached hydrogen (secondary N) is 1. The maximum absolute atomic E-state index is 13.2. The predicted molar refractivity (Wildman–Crippen MR) is 102 cm³/mol. The predicted octanol–water partition coefficient (Wildman–Crippen LogP) is 5.05. The van der Waals surface area contributed by atoms with Crippen LogP contribution < -0.4 is 10.2 Å². The molecule has 1 fully saturated rings. The molecule has 0 saturated carbocycles. The van der Waals surface area contributed by atoms with Gasteiger partial charge in [0.05, 0.1) is 18.6 Å². The fourth-order valence-electron chi connectivity index (χ4n) is 3.51. The number of methoxy groups -OCH3 is 1. The number of alkyl halides is 4. The molecule has 1 aliphatic rings. The Labute approximate surface area is 169 Å². The average molecular weight is 463 g/mol. The summed E-state index contributed by atoms with van der Waals surface area (Å²) < 4.78 is 49.9. The lowest BCUT2D eigenvalue weighted by molar-refractivity contribution is -0.152. The van der Waals surface area contributed by atoms with Crippen molar-refractivity contribution >= 4 is 32.8 Å². The topological polar surface area (TPSA) is 54.7 Å². The van der Waals surface area contributed by atoms with Crippen molar-refractivity contribution in [2.24, 2.45) is 5.41 Å². The zero-order valence-electron chi connectivity index (χ0n) is 15.8. The molecule has 1 N–H and O–H groups in total. The monoisotopic (exact) mass is 462 g/mol. The van der Waals surface area contributed by atoms with Crippen LogP contribution in [0.25, 0.3) is 11.0 Å². The van der Waals surface area contributed by atoms with Gasteiger partial charge in [0, 0.05) is 17.3 Å². The maximum Gasteiger partial charge on any atom is 0.449 e. The Morgan fingerprint density at radius 1 is 1.32 bits per heavy atom. The largest absolute Gasteiger partial charge is 0.493 e. The minimum Gasteiger partial charge on any atom is -0.493 e. The number of ether oxygens (including phenoxy) is 1. The molecule has 1 aliphatic heterocycles. The molecule has 1 aromatic carbocycles. The molecule has 0 radical (unpaired) electrons. The van der Waals surface area contributed by atoms with Crippen LogP contribution in [0.4, 0.5) is 13.2 Å². The van der Waals surface area contributed by atoms with Crippen LogP contribution in [-0.2, 0) is 11.0 Å². The normalized spacial score (nSPS) is 19.6. The number of furan rings is 1. The van der Waals surface area contributed by atoms with Crippen LogP contribution in [0.1, 0.15) is 44.1 Å². The number of benzene rings is 1. The number of hydrazine groups is 1. The van der Waals surface area contributed by atoms with E-state index in [1.807, 2.05) is 0 Å². The molecule has 1 amide bonds. The van der Waals surface area contributed by atoms with Crippen LogP contribution in [0, 0.1) is 5.41 Å². The molecule has 0 spiro atoms. The minimum absolute atomic E-state index is 0.0233. The van der Waals surface area contributed by atoms with E-state index in [4.69, 9.17) is 9.15 Å². The summed E-state index contributed by atoms with van der Waals surface area (Å²) in [6.07, 6.45) is -2.88. The van der Waals surface area contributed by atoms with E-state index in [9.17, 15) is 18.0 Å². The molecule has 2 heterocycles. The highest BCUT2D eigenvalue weighted by Crippen LogP contribution is 2.46. The summed E-state index contributed by atoms with van der Waals surface area (Å²) in [6.45, 7) is 4.11. The number of fused-ring (bicyclic) bond motifs is 1. The van der Waals surface area contributed by atoms with E-state index in [1.54, 1.807) is 31.0 Å². The molecular weight excluding hydrogens is 441 g/mol. The Kier molecular flexibility index (Phi) is 5.69. The summed E-state index contributed by atoms with van der Waals surface area (Å²) in [5.41, 5.74) is 2.95. The summed E-state index contributed by atoms with van der Waals surface area (Å²) in [5, 5.41) is 2.69. The molecule has 3 rings (SSSR count). The lowest BCUT2D eigenvalue weighted by atomic mass is 9.80. The summed E-state index contributed by atoms with van der Waals surface area (Å²) in [5.74, 6) is -0.967. The second-order valence-electron chi connectivity index (χ2n) is 7.34. The van der Waals surface area contributed by atoms with Crippen LogP contribution in [0.3, 0.4) is 0 Å². The molecule has 154 valence electrons. The molecule has 1 unspecified atom stereocenters. The second-order valence-corrected chi connectivity index (χ2v) is 8.14. The van der Waals surface area contributed by atoms with Gasteiger partial charge in [0.25, 0.3) is 0 Å². The molecule has 1 aromatic heterocycles. The first-order chi connectivity index (χ1) is 13.1. The quantitative estimate of drug-likeness (QED) is 0.482. The first-order valence-electron chi connectivity index (χ1n) is 8.93. The Balaban J connectivity index is 2.05. The van der Waals surface area contributed by atoms with Crippen LogP contribution in [0.15, 0.2) is 22.6 Å². The van der Waals surface area contributed by atoms with Gasteiger partial charge in [-0.25, -0.2) is 5.43 Å². The van der Waals surface area contributed by atoms with Crippen molar-refractivity contribution in [2.75, 3.05) is 19.0 Å². The van der Waals surface area contributed by atoms with Gasteiger partial charge in [0.15, 0.2) is 11.3 Å². The molecule has 28 heavy (non-hydrogen) atoms. The van der Waals surface area contributed by atoms with E-state index in [1.165, 1.54) is 7.11 Å². The third kappa shape index (κ3) is 3.61. The van der Waals surface area contributed by atoms with Gasteiger partial charge >= 0.3 is 6.18 Å². The number of halogens is 4. The zero-order chi connectivity index (χ0) is 20.7. The summed E-state index contributed by atoms with van der Waals surface area (Å²) in [7, 11) is 1.37. The van der Waals surface area contributed by atoms with Crippen LogP contribution in [0.5, 0.6) is 5.75 Å². The molecule has 9 heteroatoms. The Morgan fingerprint density at radius 3 is 2.64 bits per heavy atom. The standard InChI is InChI=1S/C19H22BrF3N2O3/c1-18(2)16(24-25(17(18)26)9-5-4-8-20)11-6-7-13(27-3)15-12(11)10-14(28-15)19(21,22)23/h6-7,10,16,24H,4-5,8-9H2,1-3H3. The van der Waals surface area contributed by atoms with E-state index in [-0.39, 0.29) is 22.6 Å². The number of nitrogens with zero attached hydrogens (tertiary/aromatic N) is 1. The number of carbonyl (C=O) groups is 1. The fourth-order valence-corrected chi connectivity index (χ4v) is 3.90. The van der Waals surface area contributed by atoms with Crippen LogP contribution >= 0.6 is 15.9 Å². The maximum atomic E-state index is 13.2. The molecule has 2 aromatic rings. The SMILES string of the molecule is COc1ccc(C2NN(CCCCBr)C(=O)C2(C)C)c2cc(C(F)(F)F)oc12. The second kappa shape index (κ2) is 7.59. The van der Waals surface area contributed by atoms with E-state index in [0.29, 0.717) is 12.1 Å². The molecule has 1 atom stereocenters. The number of unbranched alkanes of at least 4 members (excludes halogenated alkanes) is 1. The van der Waals surface area contributed by atoms with Crippen molar-refractivity contribution in [2.45, 2.75) is 38.9 Å². The fraction of sp³-hybridized carbons (Fsp3) is 0.526. The summed E-state index contributed by atoms with van der Waals surface area (Å²) in [4.78, 5) is 12.9. The average Bonchev–Trinajstić information content (AvgIpc) is 3.17. The lowest BCUT2D eigenvalue weighted by Crippen LogP contribution is -2.36. The highest BCUT2D eigenvalue weighted by atomic mass is 79.9. The smallest absolute Gasteiger partial charge is 0.449 e. The van der Waals surface area contributed by atoms with Gasteiger partial charge in [-0.1, -0.05) is 22.0 Å². The Hall–Kier alpha value is -1.74. The van der Waals surface area contributed by atoms with Crippen molar-refractivity contribution in [3.05, 3.63) is 29.5 Å². The Morgan fingerprint density at radius 2 is 2.04 bits per heavy atom. The minimum atomic E-state index is -4.61. The van der Waals surface area contributed by atoms with E-state index >= 15 is 0 Å². The molecule has 1 saturated heterocycles. The zero-order valence-corrected chi connectivity index (χ0v) is 17.4. The molecule has 0 bridgehead atoms. The Bertz CT molecular complexity index is 879. The van der Waals surface area contributed by atoms with Crippen molar-refractivity contribution in [3.8, 4) is 5.75 Å².